The third-order valence-electron chi connectivity index (χ3n) is 7.31. The maximum Gasteiger partial charge on any atom is 0.168 e. The Hall–Kier alpha value is -1.28. The standard InChI is InChI=1S/C23H34N2O2/c1-24-15-7-10-21(24)23(26,20-8-5-3-4-6-9-20)14-13-22(27-2)18-25-16-11-19(22)12-17-25/h7,10,15,19-20,26H,3-6,8-9,11-12,16-18H2,1-2H3/t22-,23?/m1/s1. The summed E-state index contributed by atoms with van der Waals surface area (Å²) in [6, 6.07) is 4.05. The summed E-state index contributed by atoms with van der Waals surface area (Å²) in [7, 11) is 3.81. The van der Waals surface area contributed by atoms with Gasteiger partial charge in [0, 0.05) is 38.7 Å². The minimum atomic E-state index is -1.10. The predicted octanol–water partition coefficient (Wildman–Crippen LogP) is 3.30. The van der Waals surface area contributed by atoms with Gasteiger partial charge in [0.15, 0.2) is 5.60 Å². The molecule has 4 nitrogen and oxygen atoms in total. The van der Waals surface area contributed by atoms with Gasteiger partial charge in [-0.15, -0.1) is 0 Å². The molecule has 3 aliphatic heterocycles. The second-order valence-electron chi connectivity index (χ2n) is 8.85. The van der Waals surface area contributed by atoms with E-state index >= 15 is 0 Å². The van der Waals surface area contributed by atoms with Crippen LogP contribution in [-0.4, -0.2) is 46.9 Å². The van der Waals surface area contributed by atoms with Gasteiger partial charge in [-0.05, 0) is 50.9 Å². The van der Waals surface area contributed by atoms with E-state index in [0.717, 1.165) is 51.0 Å². The van der Waals surface area contributed by atoms with E-state index in [9.17, 15) is 5.11 Å². The Morgan fingerprint density at radius 1 is 1.15 bits per heavy atom. The average molecular weight is 371 g/mol. The molecule has 1 unspecified atom stereocenters. The molecule has 1 saturated carbocycles. The van der Waals surface area contributed by atoms with Crippen LogP contribution in [0, 0.1) is 23.7 Å². The molecule has 0 aromatic carbocycles. The fraction of sp³-hybridized carbons (Fsp3) is 0.739. The van der Waals surface area contributed by atoms with Crippen LogP contribution in [0.25, 0.3) is 0 Å². The van der Waals surface area contributed by atoms with Crippen molar-refractivity contribution >= 4 is 0 Å². The maximum atomic E-state index is 11.9. The van der Waals surface area contributed by atoms with Crippen molar-refractivity contribution in [1.29, 1.82) is 0 Å². The summed E-state index contributed by atoms with van der Waals surface area (Å²) in [6.45, 7) is 3.18. The van der Waals surface area contributed by atoms with Crippen LogP contribution in [0.3, 0.4) is 0 Å². The molecule has 4 aliphatic rings. The number of rotatable bonds is 3. The van der Waals surface area contributed by atoms with Gasteiger partial charge in [0.05, 0.1) is 5.69 Å². The molecular formula is C23H34N2O2. The highest BCUT2D eigenvalue weighted by Gasteiger charge is 2.47. The average Bonchev–Trinajstić information content (AvgIpc) is 2.96. The summed E-state index contributed by atoms with van der Waals surface area (Å²) in [5.74, 6) is 7.60. The van der Waals surface area contributed by atoms with E-state index in [0.29, 0.717) is 5.92 Å². The van der Waals surface area contributed by atoms with E-state index in [2.05, 4.69) is 16.7 Å². The van der Waals surface area contributed by atoms with Gasteiger partial charge in [0.25, 0.3) is 0 Å². The number of aliphatic hydroxyl groups is 1. The Morgan fingerprint density at radius 2 is 1.85 bits per heavy atom. The molecule has 4 heterocycles. The number of aromatic nitrogens is 1. The number of hydrogen-bond acceptors (Lipinski definition) is 3. The Kier molecular flexibility index (Phi) is 5.38. The molecule has 4 fully saturated rings. The fourth-order valence-electron chi connectivity index (χ4n) is 5.57. The zero-order valence-electron chi connectivity index (χ0n) is 16.9. The molecule has 0 amide bonds. The monoisotopic (exact) mass is 370 g/mol. The van der Waals surface area contributed by atoms with Gasteiger partial charge in [-0.25, -0.2) is 0 Å². The number of piperidine rings is 3. The second kappa shape index (κ2) is 7.62. The van der Waals surface area contributed by atoms with Gasteiger partial charge in [0.1, 0.15) is 5.60 Å². The number of aryl methyl sites for hydroxylation is 1. The van der Waals surface area contributed by atoms with E-state index in [1.165, 1.54) is 25.7 Å². The van der Waals surface area contributed by atoms with Gasteiger partial charge < -0.3 is 14.4 Å². The van der Waals surface area contributed by atoms with E-state index < -0.39 is 11.2 Å². The lowest BCUT2D eigenvalue weighted by atomic mass is 9.74. The molecule has 27 heavy (non-hydrogen) atoms. The molecule has 2 atom stereocenters. The number of hydrogen-bond donors (Lipinski definition) is 1. The Bertz CT molecular complexity index is 701. The molecule has 0 radical (unpaired) electrons. The van der Waals surface area contributed by atoms with Gasteiger partial charge in [0.2, 0.25) is 0 Å². The van der Waals surface area contributed by atoms with Crippen LogP contribution >= 0.6 is 0 Å². The summed E-state index contributed by atoms with van der Waals surface area (Å²) in [6.07, 6.45) is 11.3. The summed E-state index contributed by atoms with van der Waals surface area (Å²) < 4.78 is 8.07. The van der Waals surface area contributed by atoms with Crippen molar-refractivity contribution in [3.8, 4) is 11.8 Å². The molecule has 1 aromatic heterocycles. The highest BCUT2D eigenvalue weighted by Crippen LogP contribution is 2.41. The maximum absolute atomic E-state index is 11.9. The SMILES string of the molecule is CO[C@]1(C#CC(O)(c2cccn2C)C2CCCCCC2)CN2CCC1CC2. The van der Waals surface area contributed by atoms with E-state index in [1.54, 1.807) is 7.11 Å². The fourth-order valence-corrected chi connectivity index (χ4v) is 5.57. The van der Waals surface area contributed by atoms with Gasteiger partial charge in [-0.1, -0.05) is 37.5 Å². The minimum absolute atomic E-state index is 0.191. The lowest BCUT2D eigenvalue weighted by Crippen LogP contribution is -2.59. The first-order valence-corrected chi connectivity index (χ1v) is 10.7. The Morgan fingerprint density at radius 3 is 2.37 bits per heavy atom. The molecule has 148 valence electrons. The molecule has 4 heteroatoms. The molecule has 5 rings (SSSR count). The third-order valence-corrected chi connectivity index (χ3v) is 7.31. The molecule has 3 saturated heterocycles. The van der Waals surface area contributed by atoms with Crippen LogP contribution in [0.1, 0.15) is 57.1 Å². The first kappa shape index (κ1) is 19.1. The minimum Gasteiger partial charge on any atom is -0.372 e. The zero-order chi connectivity index (χ0) is 18.9. The molecule has 1 N–H and O–H groups in total. The van der Waals surface area contributed by atoms with Crippen molar-refractivity contribution in [3.63, 3.8) is 0 Å². The topological polar surface area (TPSA) is 37.6 Å². The first-order valence-electron chi connectivity index (χ1n) is 10.7. The highest BCUT2D eigenvalue weighted by molar-refractivity contribution is 5.33. The Balaban J connectivity index is 1.72. The van der Waals surface area contributed by atoms with Gasteiger partial charge in [-0.3, -0.25) is 4.90 Å². The lowest BCUT2D eigenvalue weighted by Gasteiger charge is -2.50. The lowest BCUT2D eigenvalue weighted by molar-refractivity contribution is -0.0968. The number of methoxy groups -OCH3 is 1. The third kappa shape index (κ3) is 3.46. The smallest absolute Gasteiger partial charge is 0.168 e. The quantitative estimate of drug-likeness (QED) is 0.655. The van der Waals surface area contributed by atoms with Crippen molar-refractivity contribution in [1.82, 2.24) is 9.47 Å². The molecule has 1 aliphatic carbocycles. The van der Waals surface area contributed by atoms with Gasteiger partial charge >= 0.3 is 0 Å². The van der Waals surface area contributed by atoms with Crippen LogP contribution in [0.2, 0.25) is 0 Å². The van der Waals surface area contributed by atoms with Crippen LogP contribution in [0.15, 0.2) is 18.3 Å². The largest absolute Gasteiger partial charge is 0.372 e. The van der Waals surface area contributed by atoms with Crippen LogP contribution in [0.4, 0.5) is 0 Å². The second-order valence-corrected chi connectivity index (χ2v) is 8.85. The van der Waals surface area contributed by atoms with Crippen molar-refractivity contribution in [2.75, 3.05) is 26.7 Å². The predicted molar refractivity (Wildman–Crippen MR) is 107 cm³/mol. The molecular weight excluding hydrogens is 336 g/mol. The number of fused-ring (bicyclic) bond motifs is 3. The first-order chi connectivity index (χ1) is 13.1. The van der Waals surface area contributed by atoms with Crippen LogP contribution < -0.4 is 0 Å². The highest BCUT2D eigenvalue weighted by atomic mass is 16.5. The van der Waals surface area contributed by atoms with Crippen molar-refractivity contribution < 1.29 is 9.84 Å². The van der Waals surface area contributed by atoms with Crippen molar-refractivity contribution in [2.24, 2.45) is 18.9 Å². The normalized spacial score (nSPS) is 33.7. The van der Waals surface area contributed by atoms with E-state index in [1.807, 2.05) is 29.9 Å². The Labute approximate surface area is 163 Å². The molecule has 1 aromatic rings. The number of ether oxygens (including phenoxy) is 1. The summed E-state index contributed by atoms with van der Waals surface area (Å²) in [4.78, 5) is 2.46. The van der Waals surface area contributed by atoms with Crippen molar-refractivity contribution in [3.05, 3.63) is 24.0 Å². The van der Waals surface area contributed by atoms with E-state index in [-0.39, 0.29) is 5.92 Å². The summed E-state index contributed by atoms with van der Waals surface area (Å²) >= 11 is 0. The summed E-state index contributed by atoms with van der Waals surface area (Å²) in [5.41, 5.74) is -0.602. The summed E-state index contributed by atoms with van der Waals surface area (Å²) in [5, 5.41) is 11.9. The van der Waals surface area contributed by atoms with Crippen molar-refractivity contribution in [2.45, 2.75) is 62.6 Å². The van der Waals surface area contributed by atoms with Crippen LogP contribution in [-0.2, 0) is 17.4 Å². The molecule has 2 bridgehead atoms. The number of nitrogens with zero attached hydrogens (tertiary/aromatic N) is 2. The van der Waals surface area contributed by atoms with Gasteiger partial charge in [-0.2, -0.15) is 0 Å². The van der Waals surface area contributed by atoms with Crippen LogP contribution in [0.5, 0.6) is 0 Å². The zero-order valence-corrected chi connectivity index (χ0v) is 16.9. The van der Waals surface area contributed by atoms with E-state index in [4.69, 9.17) is 4.74 Å². The molecule has 0 spiro atoms.